The van der Waals surface area contributed by atoms with Gasteiger partial charge in [-0.05, 0) is 36.8 Å². The third kappa shape index (κ3) is 3.70. The molecule has 4 nitrogen and oxygen atoms in total. The summed E-state index contributed by atoms with van der Waals surface area (Å²) in [6.07, 6.45) is 0. The van der Waals surface area contributed by atoms with Crippen LogP contribution in [-0.2, 0) is 0 Å². The van der Waals surface area contributed by atoms with E-state index in [-0.39, 0.29) is 5.91 Å². The van der Waals surface area contributed by atoms with Gasteiger partial charge in [0.1, 0.15) is 0 Å². The zero-order valence-electron chi connectivity index (χ0n) is 11.4. The Morgan fingerprint density at radius 2 is 2.24 bits per heavy atom. The Kier molecular flexibility index (Phi) is 4.73. The molecule has 0 atom stereocenters. The van der Waals surface area contributed by atoms with Crippen LogP contribution in [0.2, 0.25) is 0 Å². The number of carbonyl (C=O) groups excluding carboxylic acids is 1. The average molecular weight is 295 g/mol. The molecule has 21 heavy (non-hydrogen) atoms. The number of nitriles is 1. The third-order valence-corrected chi connectivity index (χ3v) is 3.85. The van der Waals surface area contributed by atoms with Crippen LogP contribution in [0, 0.1) is 30.1 Å². The smallest absolute Gasteiger partial charge is 0.265 e. The lowest BCUT2D eigenvalue weighted by Gasteiger charge is -2.03. The van der Waals surface area contributed by atoms with Gasteiger partial charge in [0, 0.05) is 5.69 Å². The van der Waals surface area contributed by atoms with Crippen molar-refractivity contribution in [3.8, 4) is 17.9 Å². The monoisotopic (exact) mass is 295 g/mol. The second kappa shape index (κ2) is 6.71. The Morgan fingerprint density at radius 1 is 1.43 bits per heavy atom. The quantitative estimate of drug-likeness (QED) is 0.835. The summed E-state index contributed by atoms with van der Waals surface area (Å²) < 4.78 is 0. The van der Waals surface area contributed by atoms with Crippen molar-refractivity contribution < 1.29 is 4.79 Å². The molecule has 1 aromatic heterocycles. The van der Waals surface area contributed by atoms with E-state index in [1.54, 1.807) is 30.3 Å². The first kappa shape index (κ1) is 14.8. The lowest BCUT2D eigenvalue weighted by Crippen LogP contribution is -2.10. The average Bonchev–Trinajstić information content (AvgIpc) is 2.86. The van der Waals surface area contributed by atoms with E-state index in [0.29, 0.717) is 22.7 Å². The molecule has 3 N–H and O–H groups in total. The lowest BCUT2D eigenvalue weighted by atomic mass is 10.2. The number of hydrogen-bond acceptors (Lipinski definition) is 4. The van der Waals surface area contributed by atoms with Gasteiger partial charge in [0.05, 0.1) is 27.9 Å². The lowest BCUT2D eigenvalue weighted by molar-refractivity contribution is 0.103. The van der Waals surface area contributed by atoms with Crippen molar-refractivity contribution in [2.75, 3.05) is 11.9 Å². The number of benzene rings is 1. The van der Waals surface area contributed by atoms with Gasteiger partial charge in [0.15, 0.2) is 0 Å². The van der Waals surface area contributed by atoms with Gasteiger partial charge in [-0.2, -0.15) is 5.26 Å². The maximum absolute atomic E-state index is 12.2. The minimum absolute atomic E-state index is 0.209. The number of amides is 1. The van der Waals surface area contributed by atoms with Crippen molar-refractivity contribution in [2.45, 2.75) is 6.92 Å². The number of hydrogen-bond donors (Lipinski definition) is 2. The highest BCUT2D eigenvalue weighted by molar-refractivity contribution is 7.14. The summed E-state index contributed by atoms with van der Waals surface area (Å²) in [5.74, 6) is 5.52. The Bertz CT molecular complexity index is 775. The molecule has 2 rings (SSSR count). The highest BCUT2D eigenvalue weighted by Gasteiger charge is 2.12. The molecular weight excluding hydrogens is 282 g/mol. The van der Waals surface area contributed by atoms with Crippen LogP contribution in [-0.4, -0.2) is 12.5 Å². The van der Waals surface area contributed by atoms with Crippen molar-refractivity contribution >= 4 is 22.9 Å². The topological polar surface area (TPSA) is 78.9 Å². The first-order valence-corrected chi connectivity index (χ1v) is 7.06. The van der Waals surface area contributed by atoms with Gasteiger partial charge in [-0.3, -0.25) is 4.79 Å². The number of nitrogens with one attached hydrogen (secondary N) is 1. The predicted molar refractivity (Wildman–Crippen MR) is 84.1 cm³/mol. The van der Waals surface area contributed by atoms with Crippen LogP contribution in [0.25, 0.3) is 0 Å². The summed E-state index contributed by atoms with van der Waals surface area (Å²) in [4.78, 5) is 13.6. The van der Waals surface area contributed by atoms with E-state index in [9.17, 15) is 4.79 Å². The first-order chi connectivity index (χ1) is 10.1. The van der Waals surface area contributed by atoms with Crippen molar-refractivity contribution in [1.29, 1.82) is 5.26 Å². The van der Waals surface area contributed by atoms with Crippen LogP contribution < -0.4 is 11.1 Å². The largest absolute Gasteiger partial charge is 0.321 e. The highest BCUT2D eigenvalue weighted by Crippen LogP contribution is 2.22. The molecule has 0 saturated heterocycles. The standard InChI is InChI=1S/C16H13N3OS/c1-11-8-15(21-14(11)6-3-7-17)16(20)19-13-5-2-4-12(9-13)10-18/h2,4-5,8-9H,7,17H2,1H3,(H,19,20). The molecule has 104 valence electrons. The fraction of sp³-hybridized carbons (Fsp3) is 0.125. The summed E-state index contributed by atoms with van der Waals surface area (Å²) in [6, 6.07) is 10.6. The van der Waals surface area contributed by atoms with E-state index >= 15 is 0 Å². The van der Waals surface area contributed by atoms with E-state index in [0.717, 1.165) is 10.4 Å². The van der Waals surface area contributed by atoms with Crippen LogP contribution in [0.4, 0.5) is 5.69 Å². The van der Waals surface area contributed by atoms with E-state index in [1.807, 2.05) is 13.0 Å². The molecule has 0 aliphatic rings. The van der Waals surface area contributed by atoms with Crippen molar-refractivity contribution in [1.82, 2.24) is 0 Å². The molecule has 2 aromatic rings. The number of thiophene rings is 1. The Morgan fingerprint density at radius 3 is 2.95 bits per heavy atom. The van der Waals surface area contributed by atoms with Crippen LogP contribution in [0.3, 0.4) is 0 Å². The van der Waals surface area contributed by atoms with Gasteiger partial charge in [0.2, 0.25) is 0 Å². The summed E-state index contributed by atoms with van der Waals surface area (Å²) >= 11 is 1.33. The number of nitrogens with two attached hydrogens (primary N) is 1. The van der Waals surface area contributed by atoms with Gasteiger partial charge in [-0.15, -0.1) is 11.3 Å². The second-order valence-electron chi connectivity index (χ2n) is 4.28. The fourth-order valence-electron chi connectivity index (χ4n) is 1.71. The maximum Gasteiger partial charge on any atom is 0.265 e. The Labute approximate surface area is 127 Å². The second-order valence-corrected chi connectivity index (χ2v) is 5.33. The fourth-order valence-corrected chi connectivity index (χ4v) is 2.65. The summed E-state index contributed by atoms with van der Waals surface area (Å²) in [5, 5.41) is 11.6. The molecule has 0 radical (unpaired) electrons. The number of rotatable bonds is 2. The van der Waals surface area contributed by atoms with E-state index in [1.165, 1.54) is 11.3 Å². The van der Waals surface area contributed by atoms with Gasteiger partial charge in [-0.1, -0.05) is 17.9 Å². The molecule has 1 heterocycles. The van der Waals surface area contributed by atoms with Gasteiger partial charge in [-0.25, -0.2) is 0 Å². The number of carbonyl (C=O) groups is 1. The molecule has 0 spiro atoms. The SMILES string of the molecule is Cc1cc(C(=O)Nc2cccc(C#N)c2)sc1C#CCN. The Balaban J connectivity index is 2.19. The molecule has 0 bridgehead atoms. The van der Waals surface area contributed by atoms with Crippen molar-refractivity contribution in [2.24, 2.45) is 5.73 Å². The molecule has 1 amide bonds. The van der Waals surface area contributed by atoms with Crippen molar-refractivity contribution in [3.63, 3.8) is 0 Å². The molecule has 0 aliphatic carbocycles. The number of anilines is 1. The number of aryl methyl sites for hydroxylation is 1. The summed E-state index contributed by atoms with van der Waals surface area (Å²) in [7, 11) is 0. The van der Waals surface area contributed by atoms with Gasteiger partial charge in [0.25, 0.3) is 5.91 Å². The minimum Gasteiger partial charge on any atom is -0.321 e. The molecule has 1 aromatic carbocycles. The molecular formula is C16H13N3OS. The normalized spacial score (nSPS) is 9.38. The Hall–Kier alpha value is -2.60. The molecule has 0 fully saturated rings. The third-order valence-electron chi connectivity index (χ3n) is 2.70. The molecule has 5 heteroatoms. The zero-order chi connectivity index (χ0) is 15.2. The molecule has 0 aliphatic heterocycles. The summed E-state index contributed by atoms with van der Waals surface area (Å²) in [6.45, 7) is 2.20. The van der Waals surface area contributed by atoms with E-state index in [2.05, 4.69) is 17.2 Å². The highest BCUT2D eigenvalue weighted by atomic mass is 32.1. The zero-order valence-corrected chi connectivity index (χ0v) is 12.3. The maximum atomic E-state index is 12.2. The van der Waals surface area contributed by atoms with E-state index in [4.69, 9.17) is 11.0 Å². The van der Waals surface area contributed by atoms with Crippen LogP contribution in [0.15, 0.2) is 30.3 Å². The van der Waals surface area contributed by atoms with Crippen LogP contribution in [0.1, 0.15) is 25.7 Å². The number of nitrogens with zero attached hydrogens (tertiary/aromatic N) is 1. The van der Waals surface area contributed by atoms with Crippen LogP contribution >= 0.6 is 11.3 Å². The van der Waals surface area contributed by atoms with E-state index < -0.39 is 0 Å². The van der Waals surface area contributed by atoms with Crippen molar-refractivity contribution in [3.05, 3.63) is 51.2 Å². The molecule has 0 saturated carbocycles. The predicted octanol–water partition coefficient (Wildman–Crippen LogP) is 2.49. The van der Waals surface area contributed by atoms with Crippen LogP contribution in [0.5, 0.6) is 0 Å². The van der Waals surface area contributed by atoms with Gasteiger partial charge < -0.3 is 11.1 Å². The van der Waals surface area contributed by atoms with Gasteiger partial charge >= 0.3 is 0 Å². The summed E-state index contributed by atoms with van der Waals surface area (Å²) in [5.41, 5.74) is 7.40. The molecule has 0 unspecified atom stereocenters. The minimum atomic E-state index is -0.209. The first-order valence-electron chi connectivity index (χ1n) is 6.25.